The van der Waals surface area contributed by atoms with Crippen LogP contribution in [0.5, 0.6) is 0 Å². The van der Waals surface area contributed by atoms with E-state index in [2.05, 4.69) is 29.3 Å². The molecule has 0 radical (unpaired) electrons. The van der Waals surface area contributed by atoms with E-state index in [-0.39, 0.29) is 0 Å². The molecule has 2 nitrogen and oxygen atoms in total. The molecule has 1 fully saturated rings. The summed E-state index contributed by atoms with van der Waals surface area (Å²) >= 11 is 6.00. The first-order valence-corrected chi connectivity index (χ1v) is 6.38. The second-order valence-electron chi connectivity index (χ2n) is 4.39. The van der Waals surface area contributed by atoms with E-state index in [0.717, 1.165) is 37.1 Å². The Labute approximate surface area is 103 Å². The summed E-state index contributed by atoms with van der Waals surface area (Å²) < 4.78 is 0. The quantitative estimate of drug-likeness (QED) is 0.868. The van der Waals surface area contributed by atoms with Crippen LogP contribution in [-0.2, 0) is 0 Å². The Morgan fingerprint density at radius 3 is 3.12 bits per heavy atom. The maximum atomic E-state index is 6.00. The second kappa shape index (κ2) is 5.55. The molecule has 0 aromatic heterocycles. The van der Waals surface area contributed by atoms with Crippen molar-refractivity contribution >= 4 is 17.3 Å². The second-order valence-corrected chi connectivity index (χ2v) is 4.82. The van der Waals surface area contributed by atoms with Crippen LogP contribution >= 0.6 is 11.6 Å². The van der Waals surface area contributed by atoms with Gasteiger partial charge < -0.3 is 10.2 Å². The van der Waals surface area contributed by atoms with Gasteiger partial charge in [0.2, 0.25) is 0 Å². The lowest BCUT2D eigenvalue weighted by Crippen LogP contribution is -2.26. The lowest BCUT2D eigenvalue weighted by molar-refractivity contribution is 0.528. The van der Waals surface area contributed by atoms with Crippen molar-refractivity contribution in [3.63, 3.8) is 0 Å². The van der Waals surface area contributed by atoms with Gasteiger partial charge in [0, 0.05) is 23.8 Å². The molecular weight excluding hydrogens is 220 g/mol. The summed E-state index contributed by atoms with van der Waals surface area (Å²) in [5.74, 6) is 0.777. The van der Waals surface area contributed by atoms with Crippen molar-refractivity contribution in [1.29, 1.82) is 0 Å². The summed E-state index contributed by atoms with van der Waals surface area (Å²) in [6.07, 6.45) is 1.28. The average molecular weight is 239 g/mol. The van der Waals surface area contributed by atoms with Crippen molar-refractivity contribution in [2.75, 3.05) is 31.1 Å². The summed E-state index contributed by atoms with van der Waals surface area (Å²) in [5.41, 5.74) is 1.26. The molecule has 0 aliphatic carbocycles. The van der Waals surface area contributed by atoms with Crippen LogP contribution < -0.4 is 10.2 Å². The fourth-order valence-electron chi connectivity index (χ4n) is 2.26. The SMILES string of the molecule is CCNCC1CCN(c2cccc(Cl)c2)C1. The summed E-state index contributed by atoms with van der Waals surface area (Å²) in [7, 11) is 0. The summed E-state index contributed by atoms with van der Waals surface area (Å²) in [6.45, 7) is 6.65. The third-order valence-corrected chi connectivity index (χ3v) is 3.38. The van der Waals surface area contributed by atoms with Crippen molar-refractivity contribution in [2.45, 2.75) is 13.3 Å². The van der Waals surface area contributed by atoms with E-state index in [1.54, 1.807) is 0 Å². The third kappa shape index (κ3) is 2.89. The fourth-order valence-corrected chi connectivity index (χ4v) is 2.44. The largest absolute Gasteiger partial charge is 0.371 e. The van der Waals surface area contributed by atoms with Crippen molar-refractivity contribution in [2.24, 2.45) is 5.92 Å². The molecule has 0 spiro atoms. The van der Waals surface area contributed by atoms with Crippen LogP contribution in [0.25, 0.3) is 0 Å². The monoisotopic (exact) mass is 238 g/mol. The van der Waals surface area contributed by atoms with E-state index in [0.29, 0.717) is 0 Å². The highest BCUT2D eigenvalue weighted by Gasteiger charge is 2.22. The van der Waals surface area contributed by atoms with Gasteiger partial charge in [-0.15, -0.1) is 0 Å². The number of rotatable bonds is 4. The maximum absolute atomic E-state index is 6.00. The first-order chi connectivity index (χ1) is 7.79. The van der Waals surface area contributed by atoms with Crippen LogP contribution in [0.2, 0.25) is 5.02 Å². The highest BCUT2D eigenvalue weighted by Crippen LogP contribution is 2.25. The smallest absolute Gasteiger partial charge is 0.0426 e. The van der Waals surface area contributed by atoms with Gasteiger partial charge in [-0.3, -0.25) is 0 Å². The minimum atomic E-state index is 0.777. The van der Waals surface area contributed by atoms with E-state index in [9.17, 15) is 0 Å². The average Bonchev–Trinajstić information content (AvgIpc) is 2.75. The van der Waals surface area contributed by atoms with Gasteiger partial charge in [-0.25, -0.2) is 0 Å². The normalized spacial score (nSPS) is 20.4. The molecule has 1 unspecified atom stereocenters. The first kappa shape index (κ1) is 11.7. The van der Waals surface area contributed by atoms with Crippen LogP contribution in [0.3, 0.4) is 0 Å². The standard InChI is InChI=1S/C13H19ClN2/c1-2-15-9-11-6-7-16(10-11)13-5-3-4-12(14)8-13/h3-5,8,11,15H,2,6-7,9-10H2,1H3. The zero-order valence-electron chi connectivity index (χ0n) is 9.75. The predicted octanol–water partition coefficient (Wildman–Crippen LogP) is 2.78. The van der Waals surface area contributed by atoms with Crippen LogP contribution in [0.1, 0.15) is 13.3 Å². The molecule has 1 heterocycles. The molecule has 1 aliphatic heterocycles. The van der Waals surface area contributed by atoms with Crippen LogP contribution in [0.4, 0.5) is 5.69 Å². The topological polar surface area (TPSA) is 15.3 Å². The Bertz CT molecular complexity index is 340. The molecule has 0 bridgehead atoms. The van der Waals surface area contributed by atoms with E-state index < -0.39 is 0 Å². The van der Waals surface area contributed by atoms with Crippen molar-refractivity contribution < 1.29 is 0 Å². The molecule has 1 aromatic carbocycles. The van der Waals surface area contributed by atoms with E-state index in [4.69, 9.17) is 11.6 Å². The summed E-state index contributed by atoms with van der Waals surface area (Å²) in [6, 6.07) is 8.14. The molecule has 3 heteroatoms. The lowest BCUT2D eigenvalue weighted by Gasteiger charge is -2.19. The van der Waals surface area contributed by atoms with Gasteiger partial charge in [0.15, 0.2) is 0 Å². The lowest BCUT2D eigenvalue weighted by atomic mass is 10.1. The van der Waals surface area contributed by atoms with Gasteiger partial charge in [-0.05, 0) is 43.6 Å². The molecule has 1 aromatic rings. The zero-order chi connectivity index (χ0) is 11.4. The Morgan fingerprint density at radius 2 is 2.38 bits per heavy atom. The van der Waals surface area contributed by atoms with E-state index >= 15 is 0 Å². The van der Waals surface area contributed by atoms with Crippen molar-refractivity contribution in [3.05, 3.63) is 29.3 Å². The van der Waals surface area contributed by atoms with Crippen LogP contribution in [-0.4, -0.2) is 26.2 Å². The molecule has 0 saturated carbocycles. The number of hydrogen-bond donors (Lipinski definition) is 1. The number of hydrogen-bond acceptors (Lipinski definition) is 2. The van der Waals surface area contributed by atoms with Gasteiger partial charge in [0.1, 0.15) is 0 Å². The maximum Gasteiger partial charge on any atom is 0.0426 e. The molecule has 88 valence electrons. The first-order valence-electron chi connectivity index (χ1n) is 6.01. The molecule has 1 N–H and O–H groups in total. The molecule has 1 atom stereocenters. The Balaban J connectivity index is 1.93. The van der Waals surface area contributed by atoms with Crippen LogP contribution in [0.15, 0.2) is 24.3 Å². The predicted molar refractivity (Wildman–Crippen MR) is 70.3 cm³/mol. The Hall–Kier alpha value is -0.730. The van der Waals surface area contributed by atoms with Crippen molar-refractivity contribution in [3.8, 4) is 0 Å². The molecule has 1 aliphatic rings. The summed E-state index contributed by atoms with van der Waals surface area (Å²) in [4.78, 5) is 2.42. The number of anilines is 1. The Kier molecular flexibility index (Phi) is 4.08. The van der Waals surface area contributed by atoms with Gasteiger partial charge in [-0.1, -0.05) is 24.6 Å². The zero-order valence-corrected chi connectivity index (χ0v) is 10.5. The highest BCUT2D eigenvalue weighted by molar-refractivity contribution is 6.30. The van der Waals surface area contributed by atoms with E-state index in [1.807, 2.05) is 12.1 Å². The van der Waals surface area contributed by atoms with E-state index in [1.165, 1.54) is 12.1 Å². The Morgan fingerprint density at radius 1 is 1.50 bits per heavy atom. The number of halogens is 1. The fraction of sp³-hybridized carbons (Fsp3) is 0.538. The number of benzene rings is 1. The van der Waals surface area contributed by atoms with Crippen LogP contribution in [0, 0.1) is 5.92 Å². The highest BCUT2D eigenvalue weighted by atomic mass is 35.5. The van der Waals surface area contributed by atoms with Crippen molar-refractivity contribution in [1.82, 2.24) is 5.32 Å². The number of nitrogens with one attached hydrogen (secondary N) is 1. The van der Waals surface area contributed by atoms with Gasteiger partial charge >= 0.3 is 0 Å². The molecular formula is C13H19ClN2. The minimum Gasteiger partial charge on any atom is -0.371 e. The molecule has 2 rings (SSSR count). The van der Waals surface area contributed by atoms with Gasteiger partial charge in [-0.2, -0.15) is 0 Å². The molecule has 0 amide bonds. The third-order valence-electron chi connectivity index (χ3n) is 3.14. The minimum absolute atomic E-state index is 0.777. The molecule has 1 saturated heterocycles. The summed E-state index contributed by atoms with van der Waals surface area (Å²) in [5, 5.41) is 4.25. The van der Waals surface area contributed by atoms with Gasteiger partial charge in [0.05, 0.1) is 0 Å². The molecule has 16 heavy (non-hydrogen) atoms. The van der Waals surface area contributed by atoms with Gasteiger partial charge in [0.25, 0.3) is 0 Å². The number of nitrogens with zero attached hydrogens (tertiary/aromatic N) is 1.